The van der Waals surface area contributed by atoms with Gasteiger partial charge in [0, 0.05) is 19.8 Å². The van der Waals surface area contributed by atoms with E-state index in [0.717, 1.165) is 18.7 Å². The summed E-state index contributed by atoms with van der Waals surface area (Å²) in [5, 5.41) is 7.63. The van der Waals surface area contributed by atoms with Crippen LogP contribution in [0.1, 0.15) is 12.5 Å². The van der Waals surface area contributed by atoms with E-state index < -0.39 is 0 Å². The molecular weight excluding hydrogens is 254 g/mol. The topological polar surface area (TPSA) is 64.9 Å². The molecule has 96 valence electrons. The monoisotopic (exact) mass is 267 g/mol. The van der Waals surface area contributed by atoms with E-state index >= 15 is 0 Å². The van der Waals surface area contributed by atoms with Crippen LogP contribution < -0.4 is 10.1 Å². The summed E-state index contributed by atoms with van der Waals surface area (Å²) in [5.74, 6) is 0.308. The average molecular weight is 268 g/mol. The van der Waals surface area contributed by atoms with Crippen LogP contribution in [0, 0.1) is 0 Å². The Balaban J connectivity index is 2.09. The van der Waals surface area contributed by atoms with E-state index in [0.29, 0.717) is 10.9 Å². The summed E-state index contributed by atoms with van der Waals surface area (Å²) in [6, 6.07) is 2.04. The van der Waals surface area contributed by atoms with Gasteiger partial charge in [0.05, 0.1) is 0 Å². The smallest absolute Gasteiger partial charge is 0.342 e. The molecular formula is C11H14ClN5O. The zero-order valence-electron chi connectivity index (χ0n) is 10.2. The summed E-state index contributed by atoms with van der Waals surface area (Å²) in [7, 11) is 1.76. The fourth-order valence-electron chi connectivity index (χ4n) is 1.36. The van der Waals surface area contributed by atoms with Crippen LogP contribution in [-0.2, 0) is 13.6 Å². The maximum Gasteiger partial charge on any atom is 0.342 e. The quantitative estimate of drug-likeness (QED) is 0.894. The minimum atomic E-state index is 0.228. The summed E-state index contributed by atoms with van der Waals surface area (Å²) in [6.45, 7) is 3.67. The molecule has 18 heavy (non-hydrogen) atoms. The molecule has 2 heterocycles. The van der Waals surface area contributed by atoms with Crippen molar-refractivity contribution >= 4 is 11.6 Å². The SMILES string of the molecule is CCNCc1cnc(Oc2ncn(C)n2)c(Cl)c1. The Kier molecular flexibility index (Phi) is 4.11. The van der Waals surface area contributed by atoms with E-state index in [2.05, 4.69) is 20.4 Å². The molecule has 0 aromatic carbocycles. The summed E-state index contributed by atoms with van der Waals surface area (Å²) < 4.78 is 6.93. The van der Waals surface area contributed by atoms with Crippen molar-refractivity contribution < 1.29 is 4.74 Å². The molecule has 0 aliphatic heterocycles. The Morgan fingerprint density at radius 1 is 1.44 bits per heavy atom. The highest BCUT2D eigenvalue weighted by atomic mass is 35.5. The van der Waals surface area contributed by atoms with Crippen molar-refractivity contribution in [2.45, 2.75) is 13.5 Å². The third kappa shape index (κ3) is 3.18. The predicted molar refractivity (Wildman–Crippen MR) is 67.7 cm³/mol. The molecule has 0 spiro atoms. The number of ether oxygens (including phenoxy) is 1. The molecule has 2 aromatic rings. The Hall–Kier alpha value is -1.66. The zero-order chi connectivity index (χ0) is 13.0. The van der Waals surface area contributed by atoms with Gasteiger partial charge < -0.3 is 10.1 Å². The zero-order valence-corrected chi connectivity index (χ0v) is 11.0. The average Bonchev–Trinajstić information content (AvgIpc) is 2.75. The van der Waals surface area contributed by atoms with Gasteiger partial charge >= 0.3 is 6.01 Å². The van der Waals surface area contributed by atoms with Crippen LogP contribution in [0.25, 0.3) is 0 Å². The number of rotatable bonds is 5. The minimum absolute atomic E-state index is 0.228. The van der Waals surface area contributed by atoms with E-state index in [4.69, 9.17) is 16.3 Å². The molecule has 2 aromatic heterocycles. The lowest BCUT2D eigenvalue weighted by Crippen LogP contribution is -2.11. The molecule has 0 saturated heterocycles. The first-order valence-corrected chi connectivity index (χ1v) is 5.95. The number of hydrogen-bond donors (Lipinski definition) is 1. The third-order valence-electron chi connectivity index (χ3n) is 2.21. The molecule has 0 amide bonds. The normalized spacial score (nSPS) is 10.6. The van der Waals surface area contributed by atoms with Crippen LogP contribution in [0.4, 0.5) is 0 Å². The predicted octanol–water partition coefficient (Wildman–Crippen LogP) is 1.77. The molecule has 7 heteroatoms. The second-order valence-electron chi connectivity index (χ2n) is 3.71. The summed E-state index contributed by atoms with van der Waals surface area (Å²) in [4.78, 5) is 8.10. The fourth-order valence-corrected chi connectivity index (χ4v) is 1.59. The first-order valence-electron chi connectivity index (χ1n) is 5.57. The van der Waals surface area contributed by atoms with Gasteiger partial charge in [0.2, 0.25) is 5.88 Å². The van der Waals surface area contributed by atoms with Gasteiger partial charge in [-0.3, -0.25) is 4.68 Å². The Labute approximate surface area is 110 Å². The fraction of sp³-hybridized carbons (Fsp3) is 0.364. The first-order chi connectivity index (χ1) is 8.69. The van der Waals surface area contributed by atoms with Crippen LogP contribution in [-0.4, -0.2) is 26.3 Å². The van der Waals surface area contributed by atoms with Crippen molar-refractivity contribution in [2.24, 2.45) is 7.05 Å². The van der Waals surface area contributed by atoms with Gasteiger partial charge in [0.25, 0.3) is 0 Å². The van der Waals surface area contributed by atoms with E-state index in [9.17, 15) is 0 Å². The van der Waals surface area contributed by atoms with E-state index in [1.54, 1.807) is 24.3 Å². The van der Waals surface area contributed by atoms with Gasteiger partial charge in [-0.05, 0) is 18.2 Å². The molecule has 0 radical (unpaired) electrons. The van der Waals surface area contributed by atoms with Crippen molar-refractivity contribution in [3.63, 3.8) is 0 Å². The lowest BCUT2D eigenvalue weighted by Gasteiger charge is -2.05. The number of aryl methyl sites for hydroxylation is 1. The molecule has 0 atom stereocenters. The van der Waals surface area contributed by atoms with Crippen molar-refractivity contribution in [2.75, 3.05) is 6.54 Å². The lowest BCUT2D eigenvalue weighted by molar-refractivity contribution is 0.422. The molecule has 0 bridgehead atoms. The summed E-state index contributed by atoms with van der Waals surface area (Å²) in [5.41, 5.74) is 1.00. The molecule has 2 rings (SSSR count). The maximum absolute atomic E-state index is 6.09. The second kappa shape index (κ2) is 5.79. The summed E-state index contributed by atoms with van der Waals surface area (Å²) >= 11 is 6.09. The van der Waals surface area contributed by atoms with E-state index in [1.807, 2.05) is 13.0 Å². The van der Waals surface area contributed by atoms with Gasteiger partial charge in [0.15, 0.2) is 0 Å². The highest BCUT2D eigenvalue weighted by Crippen LogP contribution is 2.25. The standard InChI is InChI=1S/C11H14ClN5O/c1-3-13-5-8-4-9(12)10(14-6-8)18-11-15-7-17(2)16-11/h4,6-7,13H,3,5H2,1-2H3. The summed E-state index contributed by atoms with van der Waals surface area (Å²) in [6.07, 6.45) is 3.26. The van der Waals surface area contributed by atoms with Gasteiger partial charge in [-0.2, -0.15) is 4.98 Å². The molecule has 0 aliphatic rings. The number of nitrogens with zero attached hydrogens (tertiary/aromatic N) is 4. The van der Waals surface area contributed by atoms with Crippen molar-refractivity contribution in [3.05, 3.63) is 29.2 Å². The van der Waals surface area contributed by atoms with Crippen molar-refractivity contribution in [3.8, 4) is 11.9 Å². The van der Waals surface area contributed by atoms with Gasteiger partial charge in [-0.1, -0.05) is 18.5 Å². The number of aromatic nitrogens is 4. The highest BCUT2D eigenvalue weighted by Gasteiger charge is 2.08. The molecule has 1 N–H and O–H groups in total. The third-order valence-corrected chi connectivity index (χ3v) is 2.48. The number of hydrogen-bond acceptors (Lipinski definition) is 5. The largest absolute Gasteiger partial charge is 0.403 e. The van der Waals surface area contributed by atoms with E-state index in [-0.39, 0.29) is 6.01 Å². The number of nitrogens with one attached hydrogen (secondary N) is 1. The van der Waals surface area contributed by atoms with Crippen LogP contribution in [0.15, 0.2) is 18.6 Å². The maximum atomic E-state index is 6.09. The number of pyridine rings is 1. The second-order valence-corrected chi connectivity index (χ2v) is 4.12. The van der Waals surface area contributed by atoms with Crippen LogP contribution in [0.5, 0.6) is 11.9 Å². The van der Waals surface area contributed by atoms with Gasteiger partial charge in [0.1, 0.15) is 11.3 Å². The number of halogens is 1. The Bertz CT molecular complexity index is 528. The van der Waals surface area contributed by atoms with Crippen LogP contribution >= 0.6 is 11.6 Å². The lowest BCUT2D eigenvalue weighted by atomic mass is 10.3. The molecule has 0 saturated carbocycles. The molecule has 6 nitrogen and oxygen atoms in total. The van der Waals surface area contributed by atoms with Gasteiger partial charge in [-0.15, -0.1) is 5.10 Å². The van der Waals surface area contributed by atoms with E-state index in [1.165, 1.54) is 0 Å². The van der Waals surface area contributed by atoms with Crippen LogP contribution in [0.2, 0.25) is 5.02 Å². The molecule has 0 aliphatic carbocycles. The molecule has 0 fully saturated rings. The highest BCUT2D eigenvalue weighted by molar-refractivity contribution is 6.31. The van der Waals surface area contributed by atoms with Crippen LogP contribution in [0.3, 0.4) is 0 Å². The van der Waals surface area contributed by atoms with Crippen molar-refractivity contribution in [1.82, 2.24) is 25.1 Å². The first kappa shape index (κ1) is 12.8. The minimum Gasteiger partial charge on any atom is -0.403 e. The Morgan fingerprint density at radius 2 is 2.28 bits per heavy atom. The van der Waals surface area contributed by atoms with Crippen molar-refractivity contribution in [1.29, 1.82) is 0 Å². The van der Waals surface area contributed by atoms with Gasteiger partial charge in [-0.25, -0.2) is 4.98 Å². The Morgan fingerprint density at radius 3 is 2.89 bits per heavy atom. The molecule has 0 unspecified atom stereocenters.